The third kappa shape index (κ3) is 2.12. The van der Waals surface area contributed by atoms with Crippen molar-refractivity contribution in [2.45, 2.75) is 45.6 Å². The van der Waals surface area contributed by atoms with Crippen LogP contribution >= 0.6 is 0 Å². The summed E-state index contributed by atoms with van der Waals surface area (Å²) in [5.41, 5.74) is 3.19. The van der Waals surface area contributed by atoms with Gasteiger partial charge < -0.3 is 4.74 Å². The van der Waals surface area contributed by atoms with Crippen LogP contribution in [0.1, 0.15) is 39.2 Å². The minimum absolute atomic E-state index is 0.162. The van der Waals surface area contributed by atoms with E-state index in [1.165, 1.54) is 0 Å². The molecule has 6 heteroatoms. The number of carbonyl (C=O) groups excluding carboxylic acids is 3. The van der Waals surface area contributed by atoms with Crippen molar-refractivity contribution in [3.8, 4) is 0 Å². The van der Waals surface area contributed by atoms with Gasteiger partial charge in [0.25, 0.3) is 5.91 Å². The fourth-order valence-corrected chi connectivity index (χ4v) is 3.80. The molecule has 2 bridgehead atoms. The van der Waals surface area contributed by atoms with Crippen molar-refractivity contribution in [3.05, 3.63) is 35.9 Å². The summed E-state index contributed by atoms with van der Waals surface area (Å²) in [6.07, 6.45) is 1.22. The molecule has 1 saturated carbocycles. The summed E-state index contributed by atoms with van der Waals surface area (Å²) in [5, 5.41) is 0. The number of fused-ring (bicyclic) bond motifs is 2. The SMILES string of the molecule is CC1(C)[C@@]2(C(=O)NNC(=O)Cc3ccccc3)CC[C@]1(C)C(=O)O2. The van der Waals surface area contributed by atoms with E-state index in [4.69, 9.17) is 4.74 Å². The molecule has 1 aliphatic carbocycles. The van der Waals surface area contributed by atoms with Crippen LogP contribution in [0.5, 0.6) is 0 Å². The maximum Gasteiger partial charge on any atom is 0.313 e. The van der Waals surface area contributed by atoms with Crippen LogP contribution in [0.25, 0.3) is 0 Å². The molecule has 0 unspecified atom stereocenters. The van der Waals surface area contributed by atoms with E-state index < -0.39 is 22.3 Å². The molecule has 6 nitrogen and oxygen atoms in total. The van der Waals surface area contributed by atoms with Gasteiger partial charge in [0.15, 0.2) is 5.60 Å². The molecule has 0 spiro atoms. The van der Waals surface area contributed by atoms with Gasteiger partial charge in [0, 0.05) is 5.41 Å². The summed E-state index contributed by atoms with van der Waals surface area (Å²) in [4.78, 5) is 36.8. The molecule has 1 heterocycles. The van der Waals surface area contributed by atoms with Crippen molar-refractivity contribution in [2.24, 2.45) is 10.8 Å². The van der Waals surface area contributed by atoms with Crippen LogP contribution in [-0.2, 0) is 25.5 Å². The van der Waals surface area contributed by atoms with E-state index in [2.05, 4.69) is 10.9 Å². The molecule has 1 aromatic rings. The highest BCUT2D eigenvalue weighted by Gasteiger charge is 2.75. The van der Waals surface area contributed by atoms with E-state index >= 15 is 0 Å². The van der Waals surface area contributed by atoms with E-state index in [0.29, 0.717) is 12.8 Å². The molecule has 1 aliphatic heterocycles. The Morgan fingerprint density at radius 1 is 1.08 bits per heavy atom. The molecule has 24 heavy (non-hydrogen) atoms. The zero-order chi connectivity index (χ0) is 17.6. The Labute approximate surface area is 140 Å². The summed E-state index contributed by atoms with van der Waals surface area (Å²) in [6.45, 7) is 5.58. The molecule has 1 saturated heterocycles. The van der Waals surface area contributed by atoms with Crippen LogP contribution in [0, 0.1) is 10.8 Å². The minimum atomic E-state index is -1.22. The van der Waals surface area contributed by atoms with Crippen LogP contribution in [0.15, 0.2) is 30.3 Å². The van der Waals surface area contributed by atoms with Gasteiger partial charge in [-0.15, -0.1) is 0 Å². The molecule has 0 radical (unpaired) electrons. The zero-order valence-electron chi connectivity index (χ0n) is 14.1. The maximum absolute atomic E-state index is 12.7. The Bertz CT molecular complexity index is 700. The monoisotopic (exact) mass is 330 g/mol. The zero-order valence-corrected chi connectivity index (χ0v) is 14.1. The van der Waals surface area contributed by atoms with Crippen molar-refractivity contribution >= 4 is 17.8 Å². The summed E-state index contributed by atoms with van der Waals surface area (Å²) >= 11 is 0. The number of hydrogen-bond donors (Lipinski definition) is 2. The van der Waals surface area contributed by atoms with E-state index in [1.807, 2.05) is 51.1 Å². The number of nitrogens with one attached hydrogen (secondary N) is 2. The van der Waals surface area contributed by atoms with Gasteiger partial charge in [0.1, 0.15) is 0 Å². The Morgan fingerprint density at radius 2 is 1.75 bits per heavy atom. The molecule has 2 fully saturated rings. The lowest BCUT2D eigenvalue weighted by molar-refractivity contribution is -0.168. The number of rotatable bonds is 3. The van der Waals surface area contributed by atoms with Gasteiger partial charge in [0.2, 0.25) is 5.91 Å². The van der Waals surface area contributed by atoms with Gasteiger partial charge in [-0.05, 0) is 25.3 Å². The first-order valence-corrected chi connectivity index (χ1v) is 8.10. The predicted octanol–water partition coefficient (Wildman–Crippen LogP) is 1.50. The summed E-state index contributed by atoms with van der Waals surface area (Å²) in [6, 6.07) is 9.24. The second kappa shape index (κ2) is 5.33. The van der Waals surface area contributed by atoms with Crippen LogP contribution < -0.4 is 10.9 Å². The number of esters is 1. The van der Waals surface area contributed by atoms with Crippen molar-refractivity contribution < 1.29 is 19.1 Å². The van der Waals surface area contributed by atoms with Crippen LogP contribution in [-0.4, -0.2) is 23.4 Å². The topological polar surface area (TPSA) is 84.5 Å². The van der Waals surface area contributed by atoms with Gasteiger partial charge in [-0.1, -0.05) is 44.2 Å². The largest absolute Gasteiger partial charge is 0.448 e. The second-order valence-corrected chi connectivity index (χ2v) is 7.34. The summed E-state index contributed by atoms with van der Waals surface area (Å²) in [7, 11) is 0. The Balaban J connectivity index is 1.66. The van der Waals surface area contributed by atoms with Crippen LogP contribution in [0.2, 0.25) is 0 Å². The molecule has 3 rings (SSSR count). The first-order valence-electron chi connectivity index (χ1n) is 8.10. The lowest BCUT2D eigenvalue weighted by atomic mass is 9.66. The quantitative estimate of drug-likeness (QED) is 0.650. The molecule has 2 N–H and O–H groups in total. The van der Waals surface area contributed by atoms with E-state index in [-0.39, 0.29) is 18.3 Å². The van der Waals surface area contributed by atoms with Crippen molar-refractivity contribution in [1.29, 1.82) is 0 Å². The fraction of sp³-hybridized carbons (Fsp3) is 0.500. The van der Waals surface area contributed by atoms with E-state index in [1.54, 1.807) is 0 Å². The Morgan fingerprint density at radius 3 is 2.29 bits per heavy atom. The minimum Gasteiger partial charge on any atom is -0.448 e. The Hall–Kier alpha value is -2.37. The molecule has 2 atom stereocenters. The van der Waals surface area contributed by atoms with Crippen molar-refractivity contribution in [1.82, 2.24) is 10.9 Å². The van der Waals surface area contributed by atoms with Crippen molar-refractivity contribution in [2.75, 3.05) is 0 Å². The van der Waals surface area contributed by atoms with Crippen LogP contribution in [0.3, 0.4) is 0 Å². The number of amides is 2. The maximum atomic E-state index is 12.7. The van der Waals surface area contributed by atoms with Gasteiger partial charge in [-0.3, -0.25) is 25.2 Å². The first kappa shape index (κ1) is 16.5. The van der Waals surface area contributed by atoms with Gasteiger partial charge in [-0.25, -0.2) is 0 Å². The van der Waals surface area contributed by atoms with Gasteiger partial charge in [-0.2, -0.15) is 0 Å². The molecule has 2 aliphatic rings. The highest BCUT2D eigenvalue weighted by molar-refractivity contribution is 5.97. The van der Waals surface area contributed by atoms with E-state index in [9.17, 15) is 14.4 Å². The van der Waals surface area contributed by atoms with Gasteiger partial charge in [0.05, 0.1) is 11.8 Å². The molecule has 1 aromatic carbocycles. The van der Waals surface area contributed by atoms with Crippen LogP contribution in [0.4, 0.5) is 0 Å². The number of carbonyl (C=O) groups is 3. The number of benzene rings is 1. The van der Waals surface area contributed by atoms with E-state index in [0.717, 1.165) is 5.56 Å². The normalized spacial score (nSPS) is 29.9. The smallest absolute Gasteiger partial charge is 0.313 e. The highest BCUT2D eigenvalue weighted by atomic mass is 16.6. The molecule has 2 amide bonds. The number of ether oxygens (including phenoxy) is 1. The Kier molecular flexibility index (Phi) is 3.66. The van der Waals surface area contributed by atoms with Gasteiger partial charge >= 0.3 is 5.97 Å². The molecular weight excluding hydrogens is 308 g/mol. The third-order valence-corrected chi connectivity index (χ3v) is 5.97. The standard InChI is InChI=1S/C18H22N2O4/c1-16(2)17(3)9-10-18(16,24-15(17)23)14(22)20-19-13(21)11-12-7-5-4-6-8-12/h4-8H,9-11H2,1-3H3,(H,19,21)(H,20,22)/t17-,18+/m1/s1. The number of hydrogen-bond acceptors (Lipinski definition) is 4. The highest BCUT2D eigenvalue weighted by Crippen LogP contribution is 2.65. The second-order valence-electron chi connectivity index (χ2n) is 7.34. The average Bonchev–Trinajstić information content (AvgIpc) is 2.84. The lowest BCUT2D eigenvalue weighted by Crippen LogP contribution is -2.57. The summed E-state index contributed by atoms with van der Waals surface area (Å²) in [5.74, 6) is -1.14. The molecule has 128 valence electrons. The molecule has 0 aromatic heterocycles. The lowest BCUT2D eigenvalue weighted by Gasteiger charge is -2.35. The third-order valence-electron chi connectivity index (χ3n) is 5.97. The van der Waals surface area contributed by atoms with Crippen molar-refractivity contribution in [3.63, 3.8) is 0 Å². The molecular formula is C18H22N2O4. The summed E-state index contributed by atoms with van der Waals surface area (Å²) < 4.78 is 5.48. The fourth-order valence-electron chi connectivity index (χ4n) is 3.80. The number of hydrazine groups is 1. The predicted molar refractivity (Wildman–Crippen MR) is 86.4 cm³/mol. The average molecular weight is 330 g/mol. The first-order chi connectivity index (χ1) is 11.2.